The van der Waals surface area contributed by atoms with E-state index >= 15 is 0 Å². The Balaban J connectivity index is 1.29. The maximum Gasteiger partial charge on any atom is 0.253 e. The van der Waals surface area contributed by atoms with E-state index in [1.807, 2.05) is 46.2 Å². The van der Waals surface area contributed by atoms with Crippen molar-refractivity contribution in [1.29, 1.82) is 10.5 Å². The number of benzene rings is 2. The number of rotatable bonds is 7. The Kier molecular flexibility index (Phi) is 9.52. The molecule has 2 aliphatic heterocycles. The van der Waals surface area contributed by atoms with Crippen LogP contribution >= 0.6 is 23.2 Å². The van der Waals surface area contributed by atoms with Crippen LogP contribution in [0.2, 0.25) is 10.0 Å². The highest BCUT2D eigenvalue weighted by atomic mass is 35.5. The van der Waals surface area contributed by atoms with Crippen LogP contribution in [0.4, 0.5) is 4.39 Å². The first-order chi connectivity index (χ1) is 19.9. The Labute approximate surface area is 252 Å². The number of nitrogens with zero attached hydrogens (tertiary/aromatic N) is 5. The van der Waals surface area contributed by atoms with E-state index in [-0.39, 0.29) is 24.5 Å². The molecule has 2 heterocycles. The molecule has 1 amide bonds. The zero-order valence-corrected chi connectivity index (χ0v) is 24.8. The fraction of sp³-hybridized carbons (Fsp3) is 0.531. The number of amides is 1. The molecule has 1 saturated carbocycles. The van der Waals surface area contributed by atoms with Gasteiger partial charge in [0.25, 0.3) is 5.91 Å². The third kappa shape index (κ3) is 6.11. The third-order valence-electron chi connectivity index (χ3n) is 9.24. The summed E-state index contributed by atoms with van der Waals surface area (Å²) in [7, 11) is 0. The zero-order chi connectivity index (χ0) is 29.0. The van der Waals surface area contributed by atoms with Crippen molar-refractivity contribution >= 4 is 29.1 Å². The Bertz CT molecular complexity index is 1290. The van der Waals surface area contributed by atoms with Crippen LogP contribution < -0.4 is 0 Å². The molecule has 216 valence electrons. The minimum atomic E-state index is -1.17. The maximum absolute atomic E-state index is 13.0. The summed E-state index contributed by atoms with van der Waals surface area (Å²) in [5.41, 5.74) is 1.92. The molecule has 2 saturated heterocycles. The molecule has 2 aromatic rings. The lowest BCUT2D eigenvalue weighted by molar-refractivity contribution is 0.0630. The Morgan fingerprint density at radius 3 is 2.12 bits per heavy atom. The van der Waals surface area contributed by atoms with Crippen molar-refractivity contribution in [3.05, 3.63) is 57.6 Å². The normalized spacial score (nSPS) is 21.9. The Hall–Kier alpha value is -2.68. The van der Waals surface area contributed by atoms with Gasteiger partial charge in [-0.3, -0.25) is 14.6 Å². The second-order valence-corrected chi connectivity index (χ2v) is 12.3. The van der Waals surface area contributed by atoms with Crippen LogP contribution in [0.1, 0.15) is 54.4 Å². The predicted octanol–water partition coefficient (Wildman–Crippen LogP) is 6.37. The van der Waals surface area contributed by atoms with Crippen LogP contribution in [0.15, 0.2) is 36.4 Å². The van der Waals surface area contributed by atoms with Crippen LogP contribution in [0, 0.1) is 28.6 Å². The molecule has 3 aliphatic rings. The van der Waals surface area contributed by atoms with Crippen molar-refractivity contribution in [3.8, 4) is 23.3 Å². The zero-order valence-electron chi connectivity index (χ0n) is 23.3. The van der Waals surface area contributed by atoms with Gasteiger partial charge in [-0.1, -0.05) is 54.6 Å². The lowest BCUT2D eigenvalue weighted by atomic mass is 9.81. The first-order valence-corrected chi connectivity index (χ1v) is 15.4. The number of likely N-dealkylation sites (tertiary alicyclic amines) is 1. The van der Waals surface area contributed by atoms with Crippen molar-refractivity contribution in [3.63, 3.8) is 0 Å². The highest BCUT2D eigenvalue weighted by molar-refractivity contribution is 6.36. The van der Waals surface area contributed by atoms with Crippen molar-refractivity contribution < 1.29 is 9.18 Å². The quantitative estimate of drug-likeness (QED) is 0.372. The van der Waals surface area contributed by atoms with Gasteiger partial charge >= 0.3 is 0 Å². The number of hydrogen-bond acceptors (Lipinski definition) is 5. The van der Waals surface area contributed by atoms with Gasteiger partial charge in [0, 0.05) is 66.8 Å². The van der Waals surface area contributed by atoms with Gasteiger partial charge in [0.15, 0.2) is 5.54 Å². The van der Waals surface area contributed by atoms with E-state index in [0.29, 0.717) is 54.8 Å². The summed E-state index contributed by atoms with van der Waals surface area (Å²) >= 11 is 13.6. The molecule has 3 fully saturated rings. The summed E-state index contributed by atoms with van der Waals surface area (Å²) in [4.78, 5) is 19.0. The molecule has 0 N–H and O–H groups in total. The summed E-state index contributed by atoms with van der Waals surface area (Å²) in [5.74, 6) is -0.204. The minimum absolute atomic E-state index is 0.0276. The fourth-order valence-corrected chi connectivity index (χ4v) is 7.50. The van der Waals surface area contributed by atoms with Crippen LogP contribution in [0.3, 0.4) is 0 Å². The molecule has 1 unspecified atom stereocenters. The van der Waals surface area contributed by atoms with Crippen LogP contribution in [-0.2, 0) is 6.42 Å². The number of hydrogen-bond donors (Lipinski definition) is 0. The maximum atomic E-state index is 13.0. The number of nitriles is 2. The summed E-state index contributed by atoms with van der Waals surface area (Å²) in [6.45, 7) is 3.32. The van der Waals surface area contributed by atoms with Gasteiger partial charge in [-0.05, 0) is 66.6 Å². The molecule has 0 bridgehead atoms. The standard InChI is InChI=1S/C32H36Cl2FN5O/c33-29-18-25(23-6-8-24(9-7-23)31(41)39-16-14-38(13-11-35)15-17-39)19-30(34)28(29)20-26-10-12-40(32(26,21-36)22-37)27-4-2-1-3-5-27/h6-9,18-19,26-27H,1-5,10-17,20H2. The molecule has 1 atom stereocenters. The lowest BCUT2D eigenvalue weighted by Crippen LogP contribution is -2.51. The molecule has 0 aromatic heterocycles. The summed E-state index contributed by atoms with van der Waals surface area (Å²) in [5, 5.41) is 21.5. The van der Waals surface area contributed by atoms with Crippen molar-refractivity contribution in [2.75, 3.05) is 45.9 Å². The van der Waals surface area contributed by atoms with E-state index in [1.165, 1.54) is 6.42 Å². The highest BCUT2D eigenvalue weighted by Crippen LogP contribution is 2.43. The summed E-state index contributed by atoms with van der Waals surface area (Å²) in [6.07, 6.45) is 6.81. The van der Waals surface area contributed by atoms with E-state index < -0.39 is 5.54 Å². The first-order valence-electron chi connectivity index (χ1n) is 14.7. The molecule has 5 rings (SSSR count). The van der Waals surface area contributed by atoms with Gasteiger partial charge in [0.1, 0.15) is 18.8 Å². The number of carbonyl (C=O) groups excluding carboxylic acids is 1. The molecule has 41 heavy (non-hydrogen) atoms. The van der Waals surface area contributed by atoms with Gasteiger partial charge < -0.3 is 4.90 Å². The number of halogens is 3. The smallest absolute Gasteiger partial charge is 0.253 e. The van der Waals surface area contributed by atoms with E-state index in [9.17, 15) is 19.7 Å². The van der Waals surface area contributed by atoms with Crippen molar-refractivity contribution in [2.24, 2.45) is 5.92 Å². The van der Waals surface area contributed by atoms with Crippen molar-refractivity contribution in [2.45, 2.75) is 56.5 Å². The molecule has 9 heteroatoms. The highest BCUT2D eigenvalue weighted by Gasteiger charge is 2.52. The second kappa shape index (κ2) is 13.1. The predicted molar refractivity (Wildman–Crippen MR) is 160 cm³/mol. The molecular formula is C32H36Cl2FN5O. The number of piperazine rings is 1. The fourth-order valence-electron chi connectivity index (χ4n) is 6.86. The van der Waals surface area contributed by atoms with Crippen LogP contribution in [0.5, 0.6) is 0 Å². The monoisotopic (exact) mass is 595 g/mol. The average Bonchev–Trinajstić information content (AvgIpc) is 3.37. The van der Waals surface area contributed by atoms with E-state index in [2.05, 4.69) is 17.0 Å². The largest absolute Gasteiger partial charge is 0.336 e. The molecule has 1 aliphatic carbocycles. The second-order valence-electron chi connectivity index (χ2n) is 11.5. The topological polar surface area (TPSA) is 74.4 Å². The van der Waals surface area contributed by atoms with Crippen LogP contribution in [0.25, 0.3) is 11.1 Å². The number of carbonyl (C=O) groups is 1. The van der Waals surface area contributed by atoms with Crippen LogP contribution in [-0.4, -0.2) is 78.1 Å². The minimum Gasteiger partial charge on any atom is -0.336 e. The number of alkyl halides is 1. The third-order valence-corrected chi connectivity index (χ3v) is 9.91. The Morgan fingerprint density at radius 1 is 0.902 bits per heavy atom. The van der Waals surface area contributed by atoms with Gasteiger partial charge in [0.05, 0.1) is 0 Å². The SMILES string of the molecule is N#CC1(C#N)C(Cc2c(Cl)cc(-c3ccc(C(=O)N4CCN(CCF)CC4)cc3)cc2Cl)CCN1C1CCCCC1. The first kappa shape index (κ1) is 29.8. The molecule has 0 spiro atoms. The van der Waals surface area contributed by atoms with Crippen molar-refractivity contribution in [1.82, 2.24) is 14.7 Å². The van der Waals surface area contributed by atoms with Gasteiger partial charge in [0.2, 0.25) is 0 Å². The summed E-state index contributed by atoms with van der Waals surface area (Å²) < 4.78 is 12.6. The molecule has 2 aromatic carbocycles. The van der Waals surface area contributed by atoms with Gasteiger partial charge in [-0.2, -0.15) is 10.5 Å². The average molecular weight is 597 g/mol. The van der Waals surface area contributed by atoms with E-state index in [4.69, 9.17) is 23.2 Å². The van der Waals surface area contributed by atoms with Gasteiger partial charge in [-0.15, -0.1) is 0 Å². The van der Waals surface area contributed by atoms with E-state index in [0.717, 1.165) is 55.3 Å². The van der Waals surface area contributed by atoms with Gasteiger partial charge in [-0.25, -0.2) is 4.39 Å². The Morgan fingerprint density at radius 2 is 1.54 bits per heavy atom. The van der Waals surface area contributed by atoms with E-state index in [1.54, 1.807) is 0 Å². The lowest BCUT2D eigenvalue weighted by Gasteiger charge is -2.38. The molecule has 6 nitrogen and oxygen atoms in total. The molecular weight excluding hydrogens is 560 g/mol. The molecule has 0 radical (unpaired) electrons. The summed E-state index contributed by atoms with van der Waals surface area (Å²) in [6, 6.07) is 16.2.